The van der Waals surface area contributed by atoms with E-state index < -0.39 is 0 Å². The first-order valence-electron chi connectivity index (χ1n) is 10.6. The molecule has 1 N–H and O–H groups in total. The van der Waals surface area contributed by atoms with Crippen molar-refractivity contribution in [1.29, 1.82) is 0 Å². The summed E-state index contributed by atoms with van der Waals surface area (Å²) in [5.74, 6) is 0. The number of hydrogen-bond donors (Lipinski definition) is 1. The van der Waals surface area contributed by atoms with Gasteiger partial charge in [0.2, 0.25) is 0 Å². The molecule has 0 saturated carbocycles. The second-order valence-corrected chi connectivity index (χ2v) is 8.28. The number of imidazole rings is 1. The average molecular weight is 419 g/mol. The molecule has 6 rings (SSSR count). The number of aromatic nitrogens is 5. The molecule has 6 heteroatoms. The molecule has 3 aromatic heterocycles. The molecule has 156 valence electrons. The maximum Gasteiger partial charge on any atom is 0.333 e. The highest BCUT2D eigenvalue weighted by molar-refractivity contribution is 6.04. The van der Waals surface area contributed by atoms with E-state index in [4.69, 9.17) is 10.1 Å². The van der Waals surface area contributed by atoms with Gasteiger partial charge in [0.25, 0.3) is 0 Å². The number of nitrogens with one attached hydrogen (secondary N) is 1. The van der Waals surface area contributed by atoms with Gasteiger partial charge in [-0.2, -0.15) is 5.10 Å². The number of nitrogens with zero attached hydrogens (tertiary/aromatic N) is 4. The van der Waals surface area contributed by atoms with E-state index in [2.05, 4.69) is 37.9 Å². The molecule has 6 nitrogen and oxygen atoms in total. The lowest BCUT2D eigenvalue weighted by Gasteiger charge is -2.09. The van der Waals surface area contributed by atoms with Crippen LogP contribution < -0.4 is 5.69 Å². The molecule has 3 heterocycles. The van der Waals surface area contributed by atoms with Crippen LogP contribution in [-0.4, -0.2) is 24.1 Å². The topological polar surface area (TPSA) is 68.0 Å². The summed E-state index contributed by atoms with van der Waals surface area (Å²) in [7, 11) is 0. The van der Waals surface area contributed by atoms with Gasteiger partial charge in [-0.1, -0.05) is 48.0 Å². The number of fused-ring (bicyclic) bond motifs is 5. The molecule has 0 aliphatic carbocycles. The summed E-state index contributed by atoms with van der Waals surface area (Å²) in [5.41, 5.74) is 8.82. The highest BCUT2D eigenvalue weighted by atomic mass is 16.1. The third-order valence-corrected chi connectivity index (χ3v) is 6.01. The number of hydrogen-bond acceptors (Lipinski definition) is 3. The fourth-order valence-corrected chi connectivity index (χ4v) is 4.79. The predicted octanol–water partition coefficient (Wildman–Crippen LogP) is 5.11. The van der Waals surface area contributed by atoms with Crippen LogP contribution in [0.3, 0.4) is 0 Å². The zero-order valence-electron chi connectivity index (χ0n) is 18.0. The number of H-pyrrole nitrogens is 1. The monoisotopic (exact) mass is 419 g/mol. The van der Waals surface area contributed by atoms with Crippen LogP contribution >= 0.6 is 0 Å². The van der Waals surface area contributed by atoms with Crippen LogP contribution in [0.4, 0.5) is 0 Å². The van der Waals surface area contributed by atoms with Gasteiger partial charge in [-0.3, -0.25) is 4.98 Å². The first-order valence-corrected chi connectivity index (χ1v) is 10.6. The summed E-state index contributed by atoms with van der Waals surface area (Å²) in [6, 6.07) is 21.9. The van der Waals surface area contributed by atoms with Crippen molar-refractivity contribution in [3.63, 3.8) is 0 Å². The van der Waals surface area contributed by atoms with Gasteiger partial charge in [0.15, 0.2) is 5.65 Å². The minimum atomic E-state index is -0.234. The lowest BCUT2D eigenvalue weighted by atomic mass is 9.96. The zero-order chi connectivity index (χ0) is 22.0. The number of benzene rings is 3. The molecule has 32 heavy (non-hydrogen) atoms. The molecular weight excluding hydrogens is 398 g/mol. The lowest BCUT2D eigenvalue weighted by molar-refractivity contribution is 0.890. The second kappa shape index (κ2) is 6.65. The van der Waals surface area contributed by atoms with Crippen LogP contribution in [0.5, 0.6) is 0 Å². The van der Waals surface area contributed by atoms with Crippen LogP contribution in [0, 0.1) is 20.8 Å². The molecule has 0 spiro atoms. The quantitative estimate of drug-likeness (QED) is 0.424. The molecule has 0 bridgehead atoms. The smallest absolute Gasteiger partial charge is 0.291 e. The summed E-state index contributed by atoms with van der Waals surface area (Å²) in [5, 5.41) is 5.87. The van der Waals surface area contributed by atoms with Crippen LogP contribution in [0.1, 0.15) is 16.7 Å². The Bertz CT molecular complexity index is 1700. The van der Waals surface area contributed by atoms with Gasteiger partial charge in [0.05, 0.1) is 22.1 Å². The Hall–Kier alpha value is -4.19. The summed E-state index contributed by atoms with van der Waals surface area (Å²) < 4.78 is 3.46. The predicted molar refractivity (Wildman–Crippen MR) is 128 cm³/mol. The van der Waals surface area contributed by atoms with Gasteiger partial charge >= 0.3 is 5.69 Å². The number of aryl methyl sites for hydroxylation is 3. The molecule has 0 atom stereocenters. The van der Waals surface area contributed by atoms with Gasteiger partial charge in [0.1, 0.15) is 11.3 Å². The van der Waals surface area contributed by atoms with Crippen molar-refractivity contribution in [3.8, 4) is 16.9 Å². The molecule has 0 unspecified atom stereocenters. The van der Waals surface area contributed by atoms with E-state index in [1.165, 1.54) is 5.56 Å². The minimum Gasteiger partial charge on any atom is -0.291 e. The standard InChI is InChI=1S/C26H21N5O/c1-15-13-16(2)21(17(3)14-15)23-22-24-27-19-11-7-8-12-20(19)30(24)26(32)28-25(22)31(29-23)18-9-5-4-6-10-18/h4-14H,1-3H3,(H,28,32). The second-order valence-electron chi connectivity index (χ2n) is 8.28. The first kappa shape index (κ1) is 18.6. The van der Waals surface area contributed by atoms with Crippen LogP contribution in [-0.2, 0) is 0 Å². The van der Waals surface area contributed by atoms with E-state index in [9.17, 15) is 4.79 Å². The lowest BCUT2D eigenvalue weighted by Crippen LogP contribution is -2.17. The summed E-state index contributed by atoms with van der Waals surface area (Å²) >= 11 is 0. The Morgan fingerprint density at radius 3 is 2.31 bits per heavy atom. The van der Waals surface area contributed by atoms with E-state index in [0.717, 1.165) is 44.5 Å². The van der Waals surface area contributed by atoms with Gasteiger partial charge < -0.3 is 0 Å². The Morgan fingerprint density at radius 2 is 1.56 bits per heavy atom. The van der Waals surface area contributed by atoms with Crippen LogP contribution in [0.25, 0.3) is 44.7 Å². The van der Waals surface area contributed by atoms with Gasteiger partial charge in [-0.15, -0.1) is 0 Å². The fraction of sp³-hybridized carbons (Fsp3) is 0.115. The molecule has 0 fully saturated rings. The van der Waals surface area contributed by atoms with Crippen molar-refractivity contribution in [1.82, 2.24) is 24.1 Å². The summed E-state index contributed by atoms with van der Waals surface area (Å²) in [6.45, 7) is 6.31. The first-order chi connectivity index (χ1) is 15.5. The average Bonchev–Trinajstić information content (AvgIpc) is 3.33. The Balaban J connectivity index is 1.85. The summed E-state index contributed by atoms with van der Waals surface area (Å²) in [4.78, 5) is 21.2. The molecule has 3 aromatic carbocycles. The van der Waals surface area contributed by atoms with Crippen molar-refractivity contribution >= 4 is 27.7 Å². The normalized spacial score (nSPS) is 11.7. The molecule has 0 radical (unpaired) electrons. The van der Waals surface area contributed by atoms with E-state index in [-0.39, 0.29) is 5.69 Å². The van der Waals surface area contributed by atoms with Gasteiger partial charge in [-0.25, -0.2) is 18.9 Å². The third-order valence-electron chi connectivity index (χ3n) is 6.01. The highest BCUT2D eigenvalue weighted by Crippen LogP contribution is 2.36. The number of para-hydroxylation sites is 3. The van der Waals surface area contributed by atoms with E-state index in [0.29, 0.717) is 11.3 Å². The van der Waals surface area contributed by atoms with E-state index >= 15 is 0 Å². The highest BCUT2D eigenvalue weighted by Gasteiger charge is 2.23. The van der Waals surface area contributed by atoms with E-state index in [1.807, 2.05) is 59.3 Å². The molecule has 0 saturated heterocycles. The summed E-state index contributed by atoms with van der Waals surface area (Å²) in [6.07, 6.45) is 0. The Morgan fingerprint density at radius 1 is 0.875 bits per heavy atom. The van der Waals surface area contributed by atoms with Crippen molar-refractivity contribution in [2.45, 2.75) is 20.8 Å². The maximum absolute atomic E-state index is 13.2. The largest absolute Gasteiger partial charge is 0.333 e. The molecule has 0 aliphatic heterocycles. The van der Waals surface area contributed by atoms with Crippen molar-refractivity contribution in [2.24, 2.45) is 0 Å². The minimum absolute atomic E-state index is 0.234. The third kappa shape index (κ3) is 2.56. The van der Waals surface area contributed by atoms with E-state index in [1.54, 1.807) is 4.40 Å². The van der Waals surface area contributed by atoms with Crippen molar-refractivity contribution in [3.05, 3.63) is 93.9 Å². The van der Waals surface area contributed by atoms with Crippen molar-refractivity contribution < 1.29 is 0 Å². The van der Waals surface area contributed by atoms with Gasteiger partial charge in [-0.05, 0) is 56.2 Å². The molecular formula is C26H21N5O. The SMILES string of the molecule is Cc1cc(C)c(-c2nn(-c3ccccc3)c3[nH]c(=O)n4c5ccccc5nc4c23)c(C)c1. The number of rotatable bonds is 2. The Kier molecular flexibility index (Phi) is 3.86. The van der Waals surface area contributed by atoms with Gasteiger partial charge in [0, 0.05) is 5.56 Å². The zero-order valence-corrected chi connectivity index (χ0v) is 18.0. The maximum atomic E-state index is 13.2. The molecule has 0 amide bonds. The number of aromatic amines is 1. The Labute approximate surface area is 183 Å². The van der Waals surface area contributed by atoms with Crippen LogP contribution in [0.15, 0.2) is 71.5 Å². The molecule has 0 aliphatic rings. The van der Waals surface area contributed by atoms with Crippen LogP contribution in [0.2, 0.25) is 0 Å². The molecule has 6 aromatic rings. The van der Waals surface area contributed by atoms with Crippen molar-refractivity contribution in [2.75, 3.05) is 0 Å². The fourth-order valence-electron chi connectivity index (χ4n) is 4.79.